The van der Waals surface area contributed by atoms with Crippen LogP contribution in [0, 0.1) is 0 Å². The maximum atomic E-state index is 5.47. The molecule has 0 radical (unpaired) electrons. The monoisotopic (exact) mass is 448 g/mol. The zero-order chi connectivity index (χ0) is 22.2. The molecule has 2 unspecified atom stereocenters. The van der Waals surface area contributed by atoms with Crippen LogP contribution < -0.4 is 25.4 Å². The van der Waals surface area contributed by atoms with E-state index >= 15 is 0 Å². The first-order chi connectivity index (χ1) is 16.3. The van der Waals surface area contributed by atoms with Crippen LogP contribution in [0.5, 0.6) is 0 Å². The van der Waals surface area contributed by atoms with E-state index in [0.717, 1.165) is 49.9 Å². The zero-order valence-electron chi connectivity index (χ0n) is 19.2. The first kappa shape index (κ1) is 20.5. The molecule has 4 heterocycles. The normalized spacial score (nSPS) is 24.6. The average Bonchev–Trinajstić information content (AvgIpc) is 3.57. The molecule has 1 aliphatic carbocycles. The Morgan fingerprint density at radius 1 is 1.12 bits per heavy atom. The summed E-state index contributed by atoms with van der Waals surface area (Å²) < 4.78 is 5.47. The molecule has 2 atom stereocenters. The van der Waals surface area contributed by atoms with E-state index in [1.54, 1.807) is 0 Å². The number of aromatic nitrogens is 2. The van der Waals surface area contributed by atoms with Gasteiger partial charge in [-0.05, 0) is 43.5 Å². The van der Waals surface area contributed by atoms with Crippen molar-refractivity contribution in [3.8, 4) is 0 Å². The van der Waals surface area contributed by atoms with Gasteiger partial charge < -0.3 is 24.8 Å². The van der Waals surface area contributed by atoms with E-state index in [9.17, 15) is 0 Å². The van der Waals surface area contributed by atoms with Gasteiger partial charge in [-0.25, -0.2) is 4.98 Å². The van der Waals surface area contributed by atoms with Gasteiger partial charge in [0.2, 0.25) is 5.95 Å². The molecule has 0 bridgehead atoms. The second-order valence-electron chi connectivity index (χ2n) is 9.22. The van der Waals surface area contributed by atoms with Crippen molar-refractivity contribution in [3.05, 3.63) is 30.5 Å². The number of morpholine rings is 1. The van der Waals surface area contributed by atoms with E-state index < -0.39 is 0 Å². The maximum Gasteiger partial charge on any atom is 0.229 e. The van der Waals surface area contributed by atoms with Crippen molar-refractivity contribution in [1.29, 1.82) is 0 Å². The lowest BCUT2D eigenvalue weighted by atomic mass is 10.0. The first-order valence-electron chi connectivity index (χ1n) is 12.2. The van der Waals surface area contributed by atoms with Crippen LogP contribution in [0.3, 0.4) is 0 Å². The molecule has 174 valence electrons. The van der Waals surface area contributed by atoms with Crippen molar-refractivity contribution in [2.75, 3.05) is 46.3 Å². The predicted octanol–water partition coefficient (Wildman–Crippen LogP) is 3.28. The Labute approximate surface area is 194 Å². The van der Waals surface area contributed by atoms with Gasteiger partial charge in [-0.3, -0.25) is 5.43 Å². The standard InChI is InChI=1S/C24H32N8O/c1-2-20-23-29-26-16-31(23)21-15-25-24(28-22(21)32(20)19-5-3-4-6-19)27-17-7-9-18(10-8-17)30-11-13-33-14-12-30/h7-10,15-16,19-20,23,29H,2-6,11-14H2,1H3,(H,25,27,28). The third-order valence-corrected chi connectivity index (χ3v) is 7.32. The molecule has 0 amide bonds. The van der Waals surface area contributed by atoms with Crippen molar-refractivity contribution in [1.82, 2.24) is 15.4 Å². The lowest BCUT2D eigenvalue weighted by Gasteiger charge is -2.47. The summed E-state index contributed by atoms with van der Waals surface area (Å²) in [6, 6.07) is 9.35. The molecule has 1 aromatic heterocycles. The molecule has 3 aliphatic heterocycles. The van der Waals surface area contributed by atoms with Crippen molar-refractivity contribution in [2.45, 2.75) is 57.3 Å². The Bertz CT molecular complexity index is 1000. The first-order valence-corrected chi connectivity index (χ1v) is 12.2. The third-order valence-electron chi connectivity index (χ3n) is 7.32. The van der Waals surface area contributed by atoms with Gasteiger partial charge in [0.15, 0.2) is 5.82 Å². The summed E-state index contributed by atoms with van der Waals surface area (Å²) in [5.74, 6) is 1.65. The van der Waals surface area contributed by atoms with Crippen molar-refractivity contribution < 1.29 is 4.74 Å². The van der Waals surface area contributed by atoms with Gasteiger partial charge in [0.25, 0.3) is 0 Å². The largest absolute Gasteiger partial charge is 0.378 e. The SMILES string of the molecule is CCC1C2NN=CN2c2cnc(Nc3ccc(N4CCOCC4)cc3)nc2N1C1CCCC1. The highest BCUT2D eigenvalue weighted by molar-refractivity contribution is 5.89. The molecule has 9 heteroatoms. The van der Waals surface area contributed by atoms with E-state index in [1.165, 1.54) is 31.4 Å². The molecule has 6 rings (SSSR count). The van der Waals surface area contributed by atoms with Gasteiger partial charge in [0.1, 0.15) is 18.2 Å². The Balaban J connectivity index is 1.28. The molecule has 2 N–H and O–H groups in total. The minimum absolute atomic E-state index is 0.137. The number of nitrogens with one attached hydrogen (secondary N) is 2. The van der Waals surface area contributed by atoms with Crippen LogP contribution in [0.15, 0.2) is 35.6 Å². The number of hydrogen-bond acceptors (Lipinski definition) is 9. The summed E-state index contributed by atoms with van der Waals surface area (Å²) >= 11 is 0. The van der Waals surface area contributed by atoms with Crippen molar-refractivity contribution >= 4 is 35.2 Å². The van der Waals surface area contributed by atoms with Crippen LogP contribution in [-0.2, 0) is 4.74 Å². The number of anilines is 5. The Morgan fingerprint density at radius 2 is 1.91 bits per heavy atom. The topological polar surface area (TPSA) is 81.2 Å². The summed E-state index contributed by atoms with van der Waals surface area (Å²) in [6.45, 7) is 5.71. The number of benzene rings is 1. The van der Waals surface area contributed by atoms with Crippen LogP contribution in [0.1, 0.15) is 39.0 Å². The molecular weight excluding hydrogens is 416 g/mol. The van der Waals surface area contributed by atoms with Crippen LogP contribution in [0.4, 0.5) is 28.8 Å². The number of fused-ring (bicyclic) bond motifs is 3. The predicted molar refractivity (Wildman–Crippen MR) is 131 cm³/mol. The number of nitrogens with zero attached hydrogens (tertiary/aromatic N) is 6. The summed E-state index contributed by atoms with van der Waals surface area (Å²) in [7, 11) is 0. The van der Waals surface area contributed by atoms with Gasteiger partial charge >= 0.3 is 0 Å². The summed E-state index contributed by atoms with van der Waals surface area (Å²) in [5, 5.41) is 7.79. The molecule has 1 saturated heterocycles. The average molecular weight is 449 g/mol. The Hall–Kier alpha value is -3.07. The molecular formula is C24H32N8O. The fraction of sp³-hybridized carbons (Fsp3) is 0.542. The number of hydrazone groups is 1. The van der Waals surface area contributed by atoms with Gasteiger partial charge in [0.05, 0.1) is 25.5 Å². The smallest absolute Gasteiger partial charge is 0.229 e. The minimum Gasteiger partial charge on any atom is -0.378 e. The summed E-state index contributed by atoms with van der Waals surface area (Å²) in [6.07, 6.45) is 10.00. The highest BCUT2D eigenvalue weighted by Gasteiger charge is 2.44. The fourth-order valence-corrected chi connectivity index (χ4v) is 5.65. The molecule has 33 heavy (non-hydrogen) atoms. The van der Waals surface area contributed by atoms with Crippen molar-refractivity contribution in [2.24, 2.45) is 5.10 Å². The highest BCUT2D eigenvalue weighted by Crippen LogP contribution is 2.42. The van der Waals surface area contributed by atoms with Crippen LogP contribution in [0.25, 0.3) is 0 Å². The molecule has 2 aromatic rings. The second-order valence-corrected chi connectivity index (χ2v) is 9.22. The molecule has 2 fully saturated rings. The third kappa shape index (κ3) is 3.74. The molecule has 1 aromatic carbocycles. The quantitative estimate of drug-likeness (QED) is 0.721. The van der Waals surface area contributed by atoms with E-state index in [4.69, 9.17) is 9.72 Å². The second kappa shape index (κ2) is 8.70. The molecule has 4 aliphatic rings. The Kier molecular flexibility index (Phi) is 5.41. The van der Waals surface area contributed by atoms with E-state index in [1.807, 2.05) is 12.5 Å². The number of hydrogen-bond donors (Lipinski definition) is 2. The summed E-state index contributed by atoms with van der Waals surface area (Å²) in [5.41, 5.74) is 6.55. The lowest BCUT2D eigenvalue weighted by molar-refractivity contribution is 0.122. The number of rotatable bonds is 5. The van der Waals surface area contributed by atoms with E-state index in [0.29, 0.717) is 18.0 Å². The van der Waals surface area contributed by atoms with Gasteiger partial charge in [-0.2, -0.15) is 10.1 Å². The fourth-order valence-electron chi connectivity index (χ4n) is 5.65. The molecule has 9 nitrogen and oxygen atoms in total. The van der Waals surface area contributed by atoms with Gasteiger partial charge in [-0.1, -0.05) is 19.8 Å². The Morgan fingerprint density at radius 3 is 2.67 bits per heavy atom. The van der Waals surface area contributed by atoms with Crippen LogP contribution in [-0.4, -0.2) is 60.9 Å². The highest BCUT2D eigenvalue weighted by atomic mass is 16.5. The maximum absolute atomic E-state index is 5.47. The number of ether oxygens (including phenoxy) is 1. The van der Waals surface area contributed by atoms with Crippen LogP contribution >= 0.6 is 0 Å². The zero-order valence-corrected chi connectivity index (χ0v) is 19.2. The minimum atomic E-state index is 0.137. The molecule has 1 saturated carbocycles. The lowest BCUT2D eigenvalue weighted by Crippen LogP contribution is -2.60. The van der Waals surface area contributed by atoms with E-state index in [2.05, 4.69) is 66.7 Å². The van der Waals surface area contributed by atoms with Crippen molar-refractivity contribution in [3.63, 3.8) is 0 Å². The molecule has 0 spiro atoms. The van der Waals surface area contributed by atoms with E-state index in [-0.39, 0.29) is 6.17 Å². The summed E-state index contributed by atoms with van der Waals surface area (Å²) in [4.78, 5) is 16.8. The van der Waals surface area contributed by atoms with Crippen LogP contribution in [0.2, 0.25) is 0 Å². The van der Waals surface area contributed by atoms with Gasteiger partial charge in [0, 0.05) is 30.5 Å². The van der Waals surface area contributed by atoms with Gasteiger partial charge in [-0.15, -0.1) is 0 Å².